The summed E-state index contributed by atoms with van der Waals surface area (Å²) in [6, 6.07) is 0. The first-order valence-corrected chi connectivity index (χ1v) is 21.9. The molecule has 8 unspecified atom stereocenters. The van der Waals surface area contributed by atoms with Gasteiger partial charge in [0.1, 0.15) is 0 Å². The quantitative estimate of drug-likeness (QED) is 0.671. The van der Waals surface area contributed by atoms with Crippen LogP contribution in [0.5, 0.6) is 0 Å². The van der Waals surface area contributed by atoms with Crippen LogP contribution in [0.15, 0.2) is 0 Å². The normalized spacial score (nSPS) is 139. The molecule has 10 fully saturated rings. The average molecular weight is 278 g/mol. The van der Waals surface area contributed by atoms with Gasteiger partial charge >= 0.3 is 73.3 Å². The first-order chi connectivity index (χ1) is 7.05. The molecule has 0 aromatic heterocycles. The summed E-state index contributed by atoms with van der Waals surface area (Å²) in [7, 11) is 0. The van der Waals surface area contributed by atoms with Gasteiger partial charge in [-0.1, -0.05) is 0 Å². The zero-order valence-corrected chi connectivity index (χ0v) is 12.0. The van der Waals surface area contributed by atoms with Crippen LogP contribution in [0.3, 0.4) is 0 Å². The van der Waals surface area contributed by atoms with Crippen LogP contribution in [0.4, 0.5) is 0 Å². The third kappa shape index (κ3) is 0.0455. The van der Waals surface area contributed by atoms with E-state index in [1.54, 1.807) is 41.8 Å². The van der Waals surface area contributed by atoms with Crippen molar-refractivity contribution in [3.63, 3.8) is 0 Å². The molecule has 78 valence electrons. The maximum atomic E-state index is 2.61. The summed E-state index contributed by atoms with van der Waals surface area (Å²) in [5, 5.41) is 0. The van der Waals surface area contributed by atoms with Gasteiger partial charge in [0.05, 0.1) is 0 Å². The number of hydrogen-bond donors (Lipinski definition) is 0. The van der Waals surface area contributed by atoms with Crippen molar-refractivity contribution in [2.24, 2.45) is 0 Å². The third-order valence-electron chi connectivity index (χ3n) is 22.4. The van der Waals surface area contributed by atoms with Crippen molar-refractivity contribution in [2.75, 3.05) is 0 Å². The van der Waals surface area contributed by atoms with E-state index < -0.39 is 11.4 Å². The predicted molar refractivity (Wildman–Crippen MR) is 56.0 cm³/mol. The Morgan fingerprint density at radius 1 is 0.733 bits per heavy atom. The molecule has 0 N–H and O–H groups in total. The zero-order chi connectivity index (χ0) is 9.35. The van der Waals surface area contributed by atoms with Crippen molar-refractivity contribution < 1.29 is 11.4 Å². The minimum absolute atomic E-state index is 1.23. The van der Waals surface area contributed by atoms with Crippen LogP contribution in [0.1, 0.15) is 26.7 Å². The summed E-state index contributed by atoms with van der Waals surface area (Å²) in [5.74, 6) is 0. The van der Waals surface area contributed by atoms with Crippen LogP contribution in [0.2, 0.25) is 35.3 Å². The molecule has 1 spiro atoms. The Balaban J connectivity index is 1.88. The molecule has 1 heteroatoms. The molecule has 0 aliphatic carbocycles. The van der Waals surface area contributed by atoms with Gasteiger partial charge in [-0.3, -0.25) is 0 Å². The van der Waals surface area contributed by atoms with E-state index in [9.17, 15) is 0 Å². The molecule has 0 nitrogen and oxygen atoms in total. The Hall–Kier alpha value is 0.883. The number of fused-ring (bicyclic) bond motifs is 10. The molecule has 0 saturated carbocycles. The van der Waals surface area contributed by atoms with Crippen LogP contribution in [0.25, 0.3) is 0 Å². The van der Waals surface area contributed by atoms with E-state index in [1.807, 2.05) is 0 Å². The molecule has 15 heavy (non-hydrogen) atoms. The molecular formula is C14H18Zr. The summed E-state index contributed by atoms with van der Waals surface area (Å²) >= 11 is -3.24. The Morgan fingerprint density at radius 3 is 1.20 bits per heavy atom. The molecule has 0 aromatic carbocycles. The Kier molecular flexibility index (Phi) is 0.154. The van der Waals surface area contributed by atoms with E-state index in [2.05, 4.69) is 13.8 Å². The standard InChI is InChI=1S/2C7H9.Zr/c2*1-2-7-5-3-4-6-7;/h2*3-6H,2H2,1H3;. The molecule has 10 saturated heterocycles. The van der Waals surface area contributed by atoms with Gasteiger partial charge < -0.3 is 0 Å². The van der Waals surface area contributed by atoms with E-state index >= 15 is 0 Å². The second-order valence-electron chi connectivity index (χ2n) is 13.9. The van der Waals surface area contributed by atoms with E-state index in [-0.39, 0.29) is 0 Å². The van der Waals surface area contributed by atoms with Crippen molar-refractivity contribution in [3.05, 3.63) is 0 Å². The molecule has 10 rings (SSSR count). The monoisotopic (exact) mass is 276 g/mol. The van der Waals surface area contributed by atoms with E-state index in [0.29, 0.717) is 0 Å². The average Bonchev–Trinajstić information content (AvgIpc) is 3.22. The first kappa shape index (κ1) is 5.68. The Labute approximate surface area is 72.9 Å². The summed E-state index contributed by atoms with van der Waals surface area (Å²) in [6.07, 6.45) is 3.37. The fraction of sp³-hybridized carbons (Fsp3) is 1.00. The van der Waals surface area contributed by atoms with Gasteiger partial charge in [-0.25, -0.2) is 0 Å². The summed E-state index contributed by atoms with van der Waals surface area (Å²) in [4.78, 5) is 0. The topological polar surface area (TPSA) is 0 Å². The third-order valence-corrected chi connectivity index (χ3v) is 121. The van der Waals surface area contributed by atoms with Gasteiger partial charge in [0.25, 0.3) is 0 Å². The van der Waals surface area contributed by atoms with Gasteiger partial charge in [-0.2, -0.15) is 0 Å². The van der Waals surface area contributed by atoms with Crippen LogP contribution in [-0.2, 0) is 11.4 Å². The second-order valence-corrected chi connectivity index (χ2v) is 66.1. The van der Waals surface area contributed by atoms with Crippen LogP contribution in [-0.4, -0.2) is 0 Å². The Morgan fingerprint density at radius 2 is 1.07 bits per heavy atom. The van der Waals surface area contributed by atoms with Gasteiger partial charge in [-0.05, 0) is 0 Å². The molecule has 10 aliphatic rings. The first-order valence-electron chi connectivity index (χ1n) is 8.09. The Bertz CT molecular complexity index is 851. The molecule has 0 amide bonds. The van der Waals surface area contributed by atoms with Gasteiger partial charge in [0, 0.05) is 0 Å². The molecular weight excluding hydrogens is 259 g/mol. The number of hydrogen-bond acceptors (Lipinski definition) is 0. The van der Waals surface area contributed by atoms with Gasteiger partial charge in [-0.15, -0.1) is 0 Å². The predicted octanol–water partition coefficient (Wildman–Crippen LogP) is 4.94. The van der Waals surface area contributed by atoms with Crippen LogP contribution >= 0.6 is 0 Å². The van der Waals surface area contributed by atoms with E-state index in [1.165, 1.54) is 6.25 Å². The van der Waals surface area contributed by atoms with Gasteiger partial charge in [0.2, 0.25) is 0 Å². The summed E-state index contributed by atoms with van der Waals surface area (Å²) in [5.41, 5.74) is 0. The fourth-order valence-electron chi connectivity index (χ4n) is 28.0. The molecule has 0 aromatic rings. The molecule has 8 atom stereocenters. The van der Waals surface area contributed by atoms with E-state index in [0.717, 1.165) is 0 Å². The van der Waals surface area contributed by atoms with Crippen molar-refractivity contribution in [1.29, 1.82) is 0 Å². The zero-order valence-electron chi connectivity index (χ0n) is 9.53. The SMILES string of the molecule is CC[C]12[CH]3[CH]4[CH]5[CH]1[Zr]45321678[CH]2[CH]1[CH]6[C]7(CC)[CH]28. The minimum atomic E-state index is -3.24. The molecule has 10 heterocycles. The summed E-state index contributed by atoms with van der Waals surface area (Å²) < 4.78 is 15.0. The van der Waals surface area contributed by atoms with Gasteiger partial charge in [0.15, 0.2) is 0 Å². The van der Waals surface area contributed by atoms with Crippen molar-refractivity contribution >= 4 is 0 Å². The maximum absolute atomic E-state index is 3.24. The summed E-state index contributed by atoms with van der Waals surface area (Å²) in [6.45, 7) is 5.22. The van der Waals surface area contributed by atoms with Crippen molar-refractivity contribution in [2.45, 2.75) is 61.9 Å². The second kappa shape index (κ2) is 0.408. The van der Waals surface area contributed by atoms with Crippen LogP contribution < -0.4 is 0 Å². The number of rotatable bonds is 2. The molecule has 0 radical (unpaired) electrons. The van der Waals surface area contributed by atoms with Crippen molar-refractivity contribution in [3.8, 4) is 0 Å². The molecule has 0 bridgehead atoms. The van der Waals surface area contributed by atoms with E-state index in [4.69, 9.17) is 0 Å². The van der Waals surface area contributed by atoms with Crippen molar-refractivity contribution in [1.82, 2.24) is 0 Å². The fourth-order valence-corrected chi connectivity index (χ4v) is 262. The van der Waals surface area contributed by atoms with Crippen LogP contribution in [0, 0.1) is 0 Å². The molecule has 10 aliphatic heterocycles.